The fourth-order valence-corrected chi connectivity index (χ4v) is 5.25. The van der Waals surface area contributed by atoms with Crippen molar-refractivity contribution in [2.45, 2.75) is 25.3 Å². The van der Waals surface area contributed by atoms with Crippen molar-refractivity contribution in [1.82, 2.24) is 14.8 Å². The van der Waals surface area contributed by atoms with Crippen LogP contribution in [0.4, 0.5) is 11.4 Å². The molecule has 0 radical (unpaired) electrons. The topological polar surface area (TPSA) is 82.9 Å². The summed E-state index contributed by atoms with van der Waals surface area (Å²) in [6.45, 7) is 5.38. The third-order valence-electron chi connectivity index (χ3n) is 6.94. The SMILES string of the molecule is [2H]C1(N2CCN(CCCOc3cc4ncc(C#N)c(Nc5cc(OC)c(Cl)cc5Cl)c4cc3OC)CC2)CC1. The molecule has 1 aliphatic heterocycles. The number of pyridine rings is 1. The minimum atomic E-state index is -0.285. The number of anilines is 2. The Kier molecular flexibility index (Phi) is 7.89. The summed E-state index contributed by atoms with van der Waals surface area (Å²) in [5.74, 6) is 1.59. The average molecular weight is 558 g/mol. The minimum absolute atomic E-state index is 0.285. The van der Waals surface area contributed by atoms with Crippen molar-refractivity contribution in [1.29, 1.82) is 5.26 Å². The van der Waals surface area contributed by atoms with E-state index in [0.29, 0.717) is 61.7 Å². The molecule has 8 nitrogen and oxygen atoms in total. The molecule has 1 aromatic heterocycles. The number of rotatable bonds is 10. The van der Waals surface area contributed by atoms with Crippen molar-refractivity contribution < 1.29 is 15.6 Å². The molecule has 2 aliphatic rings. The van der Waals surface area contributed by atoms with E-state index in [4.69, 9.17) is 38.8 Å². The van der Waals surface area contributed by atoms with Crippen LogP contribution in [0.1, 0.15) is 26.2 Å². The first-order valence-corrected chi connectivity index (χ1v) is 13.4. The first kappa shape index (κ1) is 25.3. The van der Waals surface area contributed by atoms with Crippen LogP contribution in [0.15, 0.2) is 30.5 Å². The number of fused-ring (bicyclic) bond motifs is 1. The number of halogens is 2. The molecule has 0 unspecified atom stereocenters. The standard InChI is InChI=1S/C28H31Cl2N5O3/c1-36-25-15-24(21(29)13-22(25)30)33-28-18(16-31)17-32-23-14-27(26(37-2)12-20(23)28)38-11-3-6-34-7-9-35(10-8-34)19-4-5-19/h12-15,17,19H,3-11H2,1-2H3,(H,32,33)/i19D. The Morgan fingerprint density at radius 2 is 1.82 bits per heavy atom. The molecule has 0 amide bonds. The van der Waals surface area contributed by atoms with Crippen molar-refractivity contribution >= 4 is 45.5 Å². The Labute approximate surface area is 234 Å². The molecule has 0 atom stereocenters. The summed E-state index contributed by atoms with van der Waals surface area (Å²) in [5.41, 5.74) is 2.07. The van der Waals surface area contributed by atoms with E-state index in [-0.39, 0.29) is 6.02 Å². The largest absolute Gasteiger partial charge is 0.495 e. The van der Waals surface area contributed by atoms with Gasteiger partial charge in [0, 0.05) is 63.8 Å². The summed E-state index contributed by atoms with van der Waals surface area (Å²) in [4.78, 5) is 9.23. The van der Waals surface area contributed by atoms with Gasteiger partial charge in [0.2, 0.25) is 0 Å². The third-order valence-corrected chi connectivity index (χ3v) is 7.55. The summed E-state index contributed by atoms with van der Waals surface area (Å²) < 4.78 is 25.4. The van der Waals surface area contributed by atoms with Gasteiger partial charge in [-0.15, -0.1) is 0 Å². The predicted molar refractivity (Wildman–Crippen MR) is 150 cm³/mol. The fraction of sp³-hybridized carbons (Fsp3) is 0.429. The number of piperazine rings is 1. The van der Waals surface area contributed by atoms with Gasteiger partial charge in [-0.3, -0.25) is 9.88 Å². The molecular formula is C28H31Cl2N5O3. The number of ether oxygens (including phenoxy) is 3. The molecule has 1 aliphatic carbocycles. The fourth-order valence-electron chi connectivity index (χ4n) is 4.74. The molecule has 1 saturated heterocycles. The molecule has 200 valence electrons. The van der Waals surface area contributed by atoms with E-state index in [1.54, 1.807) is 19.2 Å². The summed E-state index contributed by atoms with van der Waals surface area (Å²) in [6, 6.07) is 8.82. The minimum Gasteiger partial charge on any atom is -0.495 e. The van der Waals surface area contributed by atoms with E-state index in [9.17, 15) is 5.26 Å². The van der Waals surface area contributed by atoms with Gasteiger partial charge in [-0.1, -0.05) is 23.2 Å². The van der Waals surface area contributed by atoms with E-state index in [0.717, 1.165) is 52.0 Å². The zero-order chi connectivity index (χ0) is 27.6. The predicted octanol–water partition coefficient (Wildman–Crippen LogP) is 5.72. The summed E-state index contributed by atoms with van der Waals surface area (Å²) in [7, 11) is 3.11. The number of nitriles is 1. The third kappa shape index (κ3) is 5.87. The van der Waals surface area contributed by atoms with Crippen molar-refractivity contribution in [3.8, 4) is 23.3 Å². The lowest BCUT2D eigenvalue weighted by Crippen LogP contribution is -2.47. The quantitative estimate of drug-likeness (QED) is 0.317. The lowest BCUT2D eigenvalue weighted by Gasteiger charge is -2.34. The van der Waals surface area contributed by atoms with Crippen LogP contribution in [-0.4, -0.2) is 74.4 Å². The van der Waals surface area contributed by atoms with Gasteiger partial charge >= 0.3 is 0 Å². The Balaban J connectivity index is 1.29. The summed E-state index contributed by atoms with van der Waals surface area (Å²) in [6.07, 6.45) is 4.40. The van der Waals surface area contributed by atoms with Crippen LogP contribution < -0.4 is 19.5 Å². The van der Waals surface area contributed by atoms with Crippen LogP contribution in [0.2, 0.25) is 10.0 Å². The van der Waals surface area contributed by atoms with Gasteiger partial charge in [0.15, 0.2) is 11.5 Å². The maximum atomic E-state index is 9.78. The number of nitrogens with one attached hydrogen (secondary N) is 1. The summed E-state index contributed by atoms with van der Waals surface area (Å²) >= 11 is 12.6. The Bertz CT molecular complexity index is 1400. The molecule has 10 heteroatoms. The molecule has 1 N–H and O–H groups in total. The van der Waals surface area contributed by atoms with Crippen LogP contribution >= 0.6 is 23.2 Å². The molecule has 2 aromatic carbocycles. The second-order valence-corrected chi connectivity index (χ2v) is 10.2. The lowest BCUT2D eigenvalue weighted by molar-refractivity contribution is 0.120. The van der Waals surface area contributed by atoms with Crippen LogP contribution in [0, 0.1) is 11.3 Å². The number of aromatic nitrogens is 1. The molecule has 0 spiro atoms. The molecule has 0 bridgehead atoms. The Morgan fingerprint density at radius 1 is 1.05 bits per heavy atom. The summed E-state index contributed by atoms with van der Waals surface area (Å²) in [5, 5.41) is 14.5. The highest BCUT2D eigenvalue weighted by atomic mass is 35.5. The van der Waals surface area contributed by atoms with E-state index < -0.39 is 0 Å². The highest BCUT2D eigenvalue weighted by molar-refractivity contribution is 6.37. The van der Waals surface area contributed by atoms with Gasteiger partial charge in [-0.05, 0) is 31.4 Å². The van der Waals surface area contributed by atoms with Crippen molar-refractivity contribution in [3.05, 3.63) is 46.1 Å². The van der Waals surface area contributed by atoms with Crippen LogP contribution in [-0.2, 0) is 0 Å². The normalized spacial score (nSPS) is 17.5. The van der Waals surface area contributed by atoms with Gasteiger partial charge in [-0.25, -0.2) is 0 Å². The number of hydrogen-bond donors (Lipinski definition) is 1. The number of hydrogen-bond acceptors (Lipinski definition) is 8. The maximum Gasteiger partial charge on any atom is 0.163 e. The Morgan fingerprint density at radius 3 is 2.50 bits per heavy atom. The van der Waals surface area contributed by atoms with E-state index in [1.165, 1.54) is 13.3 Å². The van der Waals surface area contributed by atoms with Crippen LogP contribution in [0.25, 0.3) is 10.9 Å². The number of benzene rings is 2. The van der Waals surface area contributed by atoms with Crippen LogP contribution in [0.3, 0.4) is 0 Å². The second kappa shape index (κ2) is 11.8. The van der Waals surface area contributed by atoms with Crippen molar-refractivity contribution in [3.63, 3.8) is 0 Å². The smallest absolute Gasteiger partial charge is 0.163 e. The highest BCUT2D eigenvalue weighted by Gasteiger charge is 2.30. The number of methoxy groups -OCH3 is 2. The molecule has 2 heterocycles. The lowest BCUT2D eigenvalue weighted by atomic mass is 10.1. The molecular weight excluding hydrogens is 525 g/mol. The van der Waals surface area contributed by atoms with E-state index in [1.807, 2.05) is 12.1 Å². The molecule has 5 rings (SSSR count). The Hall–Kier alpha value is -2.96. The molecule has 1 saturated carbocycles. The first-order chi connectivity index (χ1) is 18.8. The first-order valence-electron chi connectivity index (χ1n) is 13.2. The zero-order valence-electron chi connectivity index (χ0n) is 22.5. The van der Waals surface area contributed by atoms with Gasteiger partial charge in [0.1, 0.15) is 11.8 Å². The van der Waals surface area contributed by atoms with Gasteiger partial charge in [0.25, 0.3) is 0 Å². The van der Waals surface area contributed by atoms with Crippen molar-refractivity contribution in [2.24, 2.45) is 0 Å². The highest BCUT2D eigenvalue weighted by Crippen LogP contribution is 2.40. The zero-order valence-corrected chi connectivity index (χ0v) is 23.0. The monoisotopic (exact) mass is 556 g/mol. The van der Waals surface area contributed by atoms with E-state index >= 15 is 0 Å². The van der Waals surface area contributed by atoms with Crippen LogP contribution in [0.5, 0.6) is 17.2 Å². The number of nitrogens with zero attached hydrogens (tertiary/aromatic N) is 4. The van der Waals surface area contributed by atoms with Gasteiger partial charge < -0.3 is 24.4 Å². The van der Waals surface area contributed by atoms with Gasteiger partial charge in [0.05, 0.1) is 53.3 Å². The maximum absolute atomic E-state index is 9.78. The van der Waals surface area contributed by atoms with E-state index in [2.05, 4.69) is 26.2 Å². The molecule has 3 aromatic rings. The molecule has 38 heavy (non-hydrogen) atoms. The molecule has 2 fully saturated rings. The van der Waals surface area contributed by atoms with Gasteiger partial charge in [-0.2, -0.15) is 5.26 Å². The average Bonchev–Trinajstić information content (AvgIpc) is 3.70. The van der Waals surface area contributed by atoms with Crippen molar-refractivity contribution in [2.75, 3.05) is 58.9 Å². The second-order valence-electron chi connectivity index (χ2n) is 9.37.